The highest BCUT2D eigenvalue weighted by Crippen LogP contribution is 2.41. The zero-order valence-corrected chi connectivity index (χ0v) is 20.1. The summed E-state index contributed by atoms with van der Waals surface area (Å²) in [5.74, 6) is 2.41. The maximum Gasteiger partial charge on any atom is 0.259 e. The molecule has 1 aliphatic rings. The first-order valence-corrected chi connectivity index (χ1v) is 11.5. The van der Waals surface area contributed by atoms with Gasteiger partial charge >= 0.3 is 0 Å². The first-order valence-electron chi connectivity index (χ1n) is 10.7. The highest BCUT2D eigenvalue weighted by atomic mass is 32.1. The third kappa shape index (κ3) is 4.57. The van der Waals surface area contributed by atoms with Gasteiger partial charge in [0.05, 0.1) is 39.7 Å². The van der Waals surface area contributed by atoms with E-state index in [1.54, 1.807) is 58.0 Å². The molecule has 0 radical (unpaired) electrons. The topological polar surface area (TPSA) is 78.1 Å². The summed E-state index contributed by atoms with van der Waals surface area (Å²) in [7, 11) is 6.41. The maximum atomic E-state index is 13.5. The number of fused-ring (bicyclic) bond motifs is 1. The van der Waals surface area contributed by atoms with Crippen molar-refractivity contribution in [2.45, 2.75) is 25.8 Å². The molecular formula is C25H28N2O5S. The molecule has 0 saturated carbocycles. The van der Waals surface area contributed by atoms with E-state index in [2.05, 4.69) is 10.6 Å². The molecule has 0 aliphatic heterocycles. The number of anilines is 2. The number of ether oxygens (including phenoxy) is 4. The Morgan fingerprint density at radius 2 is 1.79 bits per heavy atom. The smallest absolute Gasteiger partial charge is 0.259 e. The Morgan fingerprint density at radius 1 is 0.970 bits per heavy atom. The Balaban J connectivity index is 1.62. The molecule has 0 fully saturated rings. The Morgan fingerprint density at radius 3 is 2.52 bits per heavy atom. The van der Waals surface area contributed by atoms with Gasteiger partial charge in [-0.2, -0.15) is 0 Å². The molecule has 1 heterocycles. The number of hydrogen-bond acceptors (Lipinski definition) is 7. The monoisotopic (exact) mass is 468 g/mol. The van der Waals surface area contributed by atoms with Gasteiger partial charge in [0.1, 0.15) is 16.5 Å². The number of hydrogen-bond donors (Lipinski definition) is 2. The Hall–Kier alpha value is -3.39. The van der Waals surface area contributed by atoms with Gasteiger partial charge in [0.2, 0.25) is 0 Å². The van der Waals surface area contributed by atoms with Crippen LogP contribution in [0.5, 0.6) is 23.0 Å². The third-order valence-electron chi connectivity index (χ3n) is 5.73. The van der Waals surface area contributed by atoms with Crippen molar-refractivity contribution >= 4 is 27.9 Å². The molecule has 3 aromatic rings. The minimum absolute atomic E-state index is 0.166. The van der Waals surface area contributed by atoms with E-state index in [0.29, 0.717) is 40.8 Å². The van der Waals surface area contributed by atoms with Gasteiger partial charge in [-0.1, -0.05) is 12.1 Å². The van der Waals surface area contributed by atoms with Crippen molar-refractivity contribution in [3.63, 3.8) is 0 Å². The van der Waals surface area contributed by atoms with Crippen molar-refractivity contribution in [3.05, 3.63) is 58.0 Å². The SMILES string of the molecule is COc1ccc(OC)c(NC(=O)c2c(NCc3cccc(OC)c3OC)sc3c2CCC3)c1. The van der Waals surface area contributed by atoms with Crippen LogP contribution in [0, 0.1) is 0 Å². The summed E-state index contributed by atoms with van der Waals surface area (Å²) >= 11 is 1.65. The summed E-state index contributed by atoms with van der Waals surface area (Å²) in [5.41, 5.74) is 3.34. The fraction of sp³-hybridized carbons (Fsp3) is 0.320. The molecule has 1 amide bonds. The number of benzene rings is 2. The lowest BCUT2D eigenvalue weighted by Crippen LogP contribution is -2.16. The van der Waals surface area contributed by atoms with E-state index in [1.807, 2.05) is 18.2 Å². The van der Waals surface area contributed by atoms with Crippen LogP contribution in [0.15, 0.2) is 36.4 Å². The number of carbonyl (C=O) groups is 1. The summed E-state index contributed by atoms with van der Waals surface area (Å²) in [6.07, 6.45) is 2.95. The first-order chi connectivity index (χ1) is 16.1. The maximum absolute atomic E-state index is 13.5. The fourth-order valence-corrected chi connectivity index (χ4v) is 5.42. The Bertz CT molecular complexity index is 1160. The highest BCUT2D eigenvalue weighted by Gasteiger charge is 2.27. The summed E-state index contributed by atoms with van der Waals surface area (Å²) in [5, 5.41) is 7.35. The average molecular weight is 469 g/mol. The lowest BCUT2D eigenvalue weighted by atomic mass is 10.1. The molecule has 1 aliphatic carbocycles. The van der Waals surface area contributed by atoms with E-state index in [9.17, 15) is 4.79 Å². The van der Waals surface area contributed by atoms with E-state index < -0.39 is 0 Å². The van der Waals surface area contributed by atoms with Crippen LogP contribution in [-0.4, -0.2) is 34.3 Å². The average Bonchev–Trinajstić information content (AvgIpc) is 3.43. The second kappa shape index (κ2) is 10.0. The quantitative estimate of drug-likeness (QED) is 0.453. The summed E-state index contributed by atoms with van der Waals surface area (Å²) < 4.78 is 21.7. The van der Waals surface area contributed by atoms with Crippen molar-refractivity contribution < 1.29 is 23.7 Å². The van der Waals surface area contributed by atoms with Crippen LogP contribution in [0.3, 0.4) is 0 Å². The van der Waals surface area contributed by atoms with E-state index in [0.717, 1.165) is 35.4 Å². The van der Waals surface area contributed by atoms with E-state index in [-0.39, 0.29) is 5.91 Å². The van der Waals surface area contributed by atoms with Crippen LogP contribution in [0.2, 0.25) is 0 Å². The standard InChI is InChI=1S/C25H28N2O5S/c1-29-16-11-12-19(30-2)18(13-16)27-24(28)22-17-8-6-10-21(17)33-25(22)26-14-15-7-5-9-20(31-3)23(15)32-4/h5,7,9,11-13,26H,6,8,10,14H2,1-4H3,(H,27,28). The number of rotatable bonds is 9. The molecule has 0 unspecified atom stereocenters. The molecule has 4 rings (SSSR count). The van der Waals surface area contributed by atoms with E-state index in [1.165, 1.54) is 4.88 Å². The van der Waals surface area contributed by atoms with Crippen molar-refractivity contribution in [1.29, 1.82) is 0 Å². The van der Waals surface area contributed by atoms with Crippen LogP contribution in [0.1, 0.15) is 32.8 Å². The second-order valence-corrected chi connectivity index (χ2v) is 8.69. The lowest BCUT2D eigenvalue weighted by molar-refractivity contribution is 0.102. The first kappa shape index (κ1) is 22.8. The molecule has 0 saturated heterocycles. The van der Waals surface area contributed by atoms with Gasteiger partial charge in [0.15, 0.2) is 11.5 Å². The van der Waals surface area contributed by atoms with E-state index >= 15 is 0 Å². The summed E-state index contributed by atoms with van der Waals surface area (Å²) in [6.45, 7) is 0.503. The number of aryl methyl sites for hydroxylation is 1. The van der Waals surface area contributed by atoms with Gasteiger partial charge in [0, 0.05) is 23.1 Å². The molecule has 2 N–H and O–H groups in total. The van der Waals surface area contributed by atoms with Gasteiger partial charge in [-0.3, -0.25) is 4.79 Å². The zero-order valence-electron chi connectivity index (χ0n) is 19.2. The number of thiophene rings is 1. The van der Waals surface area contributed by atoms with Crippen molar-refractivity contribution in [2.75, 3.05) is 39.1 Å². The highest BCUT2D eigenvalue weighted by molar-refractivity contribution is 7.16. The molecule has 7 nitrogen and oxygen atoms in total. The normalized spacial score (nSPS) is 12.1. The van der Waals surface area contributed by atoms with Crippen molar-refractivity contribution in [2.24, 2.45) is 0 Å². The van der Waals surface area contributed by atoms with E-state index in [4.69, 9.17) is 18.9 Å². The largest absolute Gasteiger partial charge is 0.497 e. The minimum atomic E-state index is -0.166. The second-order valence-electron chi connectivity index (χ2n) is 7.59. The number of nitrogens with one attached hydrogen (secondary N) is 2. The number of amides is 1. The molecule has 8 heteroatoms. The molecule has 1 aromatic heterocycles. The fourth-order valence-electron chi connectivity index (χ4n) is 4.13. The Kier molecular flexibility index (Phi) is 6.93. The van der Waals surface area contributed by atoms with Crippen LogP contribution >= 0.6 is 11.3 Å². The molecule has 0 bridgehead atoms. The van der Waals surface area contributed by atoms with Crippen molar-refractivity contribution in [1.82, 2.24) is 0 Å². The molecule has 0 atom stereocenters. The Labute approximate surface area is 197 Å². The number of methoxy groups -OCH3 is 4. The molecule has 2 aromatic carbocycles. The van der Waals surface area contributed by atoms with Crippen LogP contribution in [0.25, 0.3) is 0 Å². The molecule has 174 valence electrons. The lowest BCUT2D eigenvalue weighted by Gasteiger charge is -2.15. The summed E-state index contributed by atoms with van der Waals surface area (Å²) in [4.78, 5) is 14.7. The van der Waals surface area contributed by atoms with Crippen LogP contribution in [-0.2, 0) is 19.4 Å². The predicted octanol–water partition coefficient (Wildman–Crippen LogP) is 5.14. The molecular weight excluding hydrogens is 440 g/mol. The van der Waals surface area contributed by atoms with Crippen LogP contribution in [0.4, 0.5) is 10.7 Å². The zero-order chi connectivity index (χ0) is 23.4. The number of para-hydroxylation sites is 1. The number of carbonyl (C=O) groups excluding carboxylic acids is 1. The van der Waals surface area contributed by atoms with Gasteiger partial charge in [-0.25, -0.2) is 0 Å². The van der Waals surface area contributed by atoms with Gasteiger partial charge in [-0.15, -0.1) is 11.3 Å². The van der Waals surface area contributed by atoms with Crippen LogP contribution < -0.4 is 29.6 Å². The molecule has 0 spiro atoms. The summed E-state index contributed by atoms with van der Waals surface area (Å²) in [6, 6.07) is 11.1. The minimum Gasteiger partial charge on any atom is -0.497 e. The molecule has 33 heavy (non-hydrogen) atoms. The van der Waals surface area contributed by atoms with Gasteiger partial charge < -0.3 is 29.6 Å². The van der Waals surface area contributed by atoms with Gasteiger partial charge in [-0.05, 0) is 43.0 Å². The predicted molar refractivity (Wildman–Crippen MR) is 131 cm³/mol. The third-order valence-corrected chi connectivity index (χ3v) is 6.98. The van der Waals surface area contributed by atoms with Crippen molar-refractivity contribution in [3.8, 4) is 23.0 Å². The van der Waals surface area contributed by atoms with Gasteiger partial charge in [0.25, 0.3) is 5.91 Å².